The summed E-state index contributed by atoms with van der Waals surface area (Å²) in [6.45, 7) is 0.888. The van der Waals surface area contributed by atoms with Crippen molar-refractivity contribution in [2.75, 3.05) is 20.8 Å². The number of methoxy groups -OCH3 is 1. The Bertz CT molecular complexity index is 331. The molecule has 2 rings (SSSR count). The highest BCUT2D eigenvalue weighted by Gasteiger charge is 2.24. The highest BCUT2D eigenvalue weighted by Crippen LogP contribution is 2.27. The second-order valence-corrected chi connectivity index (χ2v) is 4.44. The van der Waals surface area contributed by atoms with Crippen LogP contribution < -0.4 is 10.1 Å². The minimum atomic E-state index is 0.279. The van der Waals surface area contributed by atoms with Crippen LogP contribution in [-0.2, 0) is 4.74 Å². The summed E-state index contributed by atoms with van der Waals surface area (Å²) in [5, 5.41) is 3.36. The van der Waals surface area contributed by atoms with E-state index in [1.54, 1.807) is 7.11 Å². The van der Waals surface area contributed by atoms with Crippen LogP contribution in [0, 0.1) is 0 Å². The molecule has 2 unspecified atom stereocenters. The van der Waals surface area contributed by atoms with Gasteiger partial charge >= 0.3 is 0 Å². The van der Waals surface area contributed by atoms with Crippen molar-refractivity contribution in [1.29, 1.82) is 0 Å². The van der Waals surface area contributed by atoms with Crippen LogP contribution in [-0.4, -0.2) is 26.9 Å². The van der Waals surface area contributed by atoms with Crippen molar-refractivity contribution in [2.24, 2.45) is 0 Å². The van der Waals surface area contributed by atoms with Gasteiger partial charge in [-0.05, 0) is 44.0 Å². The number of hydrogen-bond acceptors (Lipinski definition) is 3. The molecule has 1 saturated heterocycles. The Labute approximate surface area is 103 Å². The Kier molecular flexibility index (Phi) is 4.40. The van der Waals surface area contributed by atoms with Gasteiger partial charge in [-0.3, -0.25) is 0 Å². The molecule has 1 fully saturated rings. The van der Waals surface area contributed by atoms with Gasteiger partial charge in [0.2, 0.25) is 0 Å². The molecule has 1 N–H and O–H groups in total. The van der Waals surface area contributed by atoms with E-state index >= 15 is 0 Å². The van der Waals surface area contributed by atoms with E-state index in [9.17, 15) is 0 Å². The fourth-order valence-corrected chi connectivity index (χ4v) is 2.41. The van der Waals surface area contributed by atoms with Crippen LogP contribution in [0.5, 0.6) is 5.75 Å². The SMILES string of the molecule is CNC(c1ccc(OC)cc1)C1CCCCO1. The molecule has 1 heterocycles. The second kappa shape index (κ2) is 6.03. The third-order valence-electron chi connectivity index (χ3n) is 3.37. The fourth-order valence-electron chi connectivity index (χ4n) is 2.41. The number of hydrogen-bond donors (Lipinski definition) is 1. The Morgan fingerprint density at radius 3 is 2.59 bits per heavy atom. The molecule has 1 aromatic rings. The Morgan fingerprint density at radius 1 is 1.29 bits per heavy atom. The molecule has 0 spiro atoms. The van der Waals surface area contributed by atoms with Crippen molar-refractivity contribution < 1.29 is 9.47 Å². The molecule has 17 heavy (non-hydrogen) atoms. The molecule has 1 aliphatic rings. The molecular formula is C14H21NO2. The summed E-state index contributed by atoms with van der Waals surface area (Å²) in [7, 11) is 3.68. The average Bonchev–Trinajstić information content (AvgIpc) is 2.42. The molecule has 0 aromatic heterocycles. The Hall–Kier alpha value is -1.06. The van der Waals surface area contributed by atoms with Crippen LogP contribution in [0.2, 0.25) is 0 Å². The van der Waals surface area contributed by atoms with Gasteiger partial charge in [0.15, 0.2) is 0 Å². The van der Waals surface area contributed by atoms with E-state index in [2.05, 4.69) is 17.4 Å². The molecule has 3 heteroatoms. The van der Waals surface area contributed by atoms with Crippen LogP contribution >= 0.6 is 0 Å². The zero-order valence-electron chi connectivity index (χ0n) is 10.6. The quantitative estimate of drug-likeness (QED) is 0.870. The van der Waals surface area contributed by atoms with Crippen molar-refractivity contribution >= 4 is 0 Å². The number of ether oxygens (including phenoxy) is 2. The monoisotopic (exact) mass is 235 g/mol. The molecule has 0 radical (unpaired) electrons. The van der Waals surface area contributed by atoms with Gasteiger partial charge < -0.3 is 14.8 Å². The average molecular weight is 235 g/mol. The first kappa shape index (κ1) is 12.4. The summed E-state index contributed by atoms with van der Waals surface area (Å²) in [6, 6.07) is 8.50. The summed E-state index contributed by atoms with van der Waals surface area (Å²) < 4.78 is 11.0. The number of rotatable bonds is 4. The topological polar surface area (TPSA) is 30.5 Å². The van der Waals surface area contributed by atoms with Crippen molar-refractivity contribution in [3.8, 4) is 5.75 Å². The summed E-state index contributed by atoms with van der Waals surface area (Å²) in [5.74, 6) is 0.896. The van der Waals surface area contributed by atoms with Gasteiger partial charge in [-0.15, -0.1) is 0 Å². The molecule has 94 valence electrons. The van der Waals surface area contributed by atoms with Crippen LogP contribution in [0.1, 0.15) is 30.9 Å². The summed E-state index contributed by atoms with van der Waals surface area (Å²) >= 11 is 0. The first-order chi connectivity index (χ1) is 8.35. The molecule has 0 saturated carbocycles. The Morgan fingerprint density at radius 2 is 2.06 bits per heavy atom. The van der Waals surface area contributed by atoms with Crippen LogP contribution in [0.15, 0.2) is 24.3 Å². The highest BCUT2D eigenvalue weighted by molar-refractivity contribution is 5.29. The number of benzene rings is 1. The van der Waals surface area contributed by atoms with E-state index in [0.29, 0.717) is 6.10 Å². The second-order valence-electron chi connectivity index (χ2n) is 4.44. The lowest BCUT2D eigenvalue weighted by molar-refractivity contribution is -0.00662. The minimum Gasteiger partial charge on any atom is -0.497 e. The zero-order valence-corrected chi connectivity index (χ0v) is 10.6. The van der Waals surface area contributed by atoms with Crippen molar-refractivity contribution in [3.63, 3.8) is 0 Å². The summed E-state index contributed by atoms with van der Waals surface area (Å²) in [5.41, 5.74) is 1.26. The maximum Gasteiger partial charge on any atom is 0.118 e. The van der Waals surface area contributed by atoms with Crippen molar-refractivity contribution in [1.82, 2.24) is 5.32 Å². The minimum absolute atomic E-state index is 0.279. The van der Waals surface area contributed by atoms with Crippen LogP contribution in [0.3, 0.4) is 0 Å². The van der Waals surface area contributed by atoms with E-state index in [4.69, 9.17) is 9.47 Å². The lowest BCUT2D eigenvalue weighted by atomic mass is 9.96. The molecule has 0 amide bonds. The van der Waals surface area contributed by atoms with Gasteiger partial charge in [-0.2, -0.15) is 0 Å². The van der Waals surface area contributed by atoms with E-state index in [1.165, 1.54) is 18.4 Å². The number of nitrogens with one attached hydrogen (secondary N) is 1. The van der Waals surface area contributed by atoms with Gasteiger partial charge in [-0.1, -0.05) is 12.1 Å². The third-order valence-corrected chi connectivity index (χ3v) is 3.37. The predicted octanol–water partition coefficient (Wildman–Crippen LogP) is 2.52. The van der Waals surface area contributed by atoms with Gasteiger partial charge in [0.05, 0.1) is 19.3 Å². The molecule has 2 atom stereocenters. The zero-order chi connectivity index (χ0) is 12.1. The molecular weight excluding hydrogens is 214 g/mol. The van der Waals surface area contributed by atoms with Gasteiger partial charge in [0, 0.05) is 6.61 Å². The normalized spacial score (nSPS) is 22.1. The maximum atomic E-state index is 5.85. The molecule has 3 nitrogen and oxygen atoms in total. The lowest BCUT2D eigenvalue weighted by Crippen LogP contribution is -2.34. The third kappa shape index (κ3) is 2.99. The van der Waals surface area contributed by atoms with Crippen LogP contribution in [0.25, 0.3) is 0 Å². The fraction of sp³-hybridized carbons (Fsp3) is 0.571. The molecule has 1 aliphatic heterocycles. The van der Waals surface area contributed by atoms with E-state index in [-0.39, 0.29) is 6.04 Å². The lowest BCUT2D eigenvalue weighted by Gasteiger charge is -2.30. The van der Waals surface area contributed by atoms with Gasteiger partial charge in [0.1, 0.15) is 5.75 Å². The first-order valence-corrected chi connectivity index (χ1v) is 6.28. The summed E-state index contributed by atoms with van der Waals surface area (Å²) in [4.78, 5) is 0. The molecule has 0 bridgehead atoms. The highest BCUT2D eigenvalue weighted by atomic mass is 16.5. The largest absolute Gasteiger partial charge is 0.497 e. The van der Waals surface area contributed by atoms with Crippen molar-refractivity contribution in [2.45, 2.75) is 31.4 Å². The standard InChI is InChI=1S/C14H21NO2/c1-15-14(13-5-3-4-10-17-13)11-6-8-12(16-2)9-7-11/h6-9,13-15H,3-5,10H2,1-2H3. The van der Waals surface area contributed by atoms with Gasteiger partial charge in [-0.25, -0.2) is 0 Å². The molecule has 0 aliphatic carbocycles. The predicted molar refractivity (Wildman–Crippen MR) is 68.4 cm³/mol. The van der Waals surface area contributed by atoms with E-state index in [1.807, 2.05) is 19.2 Å². The smallest absolute Gasteiger partial charge is 0.118 e. The number of likely N-dealkylation sites (N-methyl/N-ethyl adjacent to an activating group) is 1. The van der Waals surface area contributed by atoms with E-state index < -0.39 is 0 Å². The van der Waals surface area contributed by atoms with Gasteiger partial charge in [0.25, 0.3) is 0 Å². The van der Waals surface area contributed by atoms with Crippen LogP contribution in [0.4, 0.5) is 0 Å². The van der Waals surface area contributed by atoms with Crippen molar-refractivity contribution in [3.05, 3.63) is 29.8 Å². The summed E-state index contributed by atoms with van der Waals surface area (Å²) in [6.07, 6.45) is 3.88. The maximum absolute atomic E-state index is 5.85. The Balaban J connectivity index is 2.10. The first-order valence-electron chi connectivity index (χ1n) is 6.28. The van der Waals surface area contributed by atoms with E-state index in [0.717, 1.165) is 18.8 Å². The molecule has 1 aromatic carbocycles.